The molecule has 6 nitrogen and oxygen atoms in total. The fourth-order valence-electron chi connectivity index (χ4n) is 3.75. The van der Waals surface area contributed by atoms with Crippen LogP contribution in [0.3, 0.4) is 0 Å². The van der Waals surface area contributed by atoms with E-state index in [4.69, 9.17) is 9.47 Å². The molecule has 25 heavy (non-hydrogen) atoms. The first-order valence-electron chi connectivity index (χ1n) is 8.79. The van der Waals surface area contributed by atoms with Crippen LogP contribution in [-0.2, 0) is 20.7 Å². The van der Waals surface area contributed by atoms with Gasteiger partial charge in [-0.05, 0) is 30.5 Å². The molecule has 0 bridgehead atoms. The van der Waals surface area contributed by atoms with Gasteiger partial charge in [0.25, 0.3) is 0 Å². The van der Waals surface area contributed by atoms with Crippen molar-refractivity contribution in [3.63, 3.8) is 0 Å². The number of benzene rings is 1. The van der Waals surface area contributed by atoms with Crippen molar-refractivity contribution in [2.75, 3.05) is 33.4 Å². The van der Waals surface area contributed by atoms with E-state index in [0.29, 0.717) is 32.7 Å². The predicted octanol–water partition coefficient (Wildman–Crippen LogP) is 1.39. The first-order chi connectivity index (χ1) is 12.0. The lowest BCUT2D eigenvalue weighted by molar-refractivity contribution is -0.155. The molecule has 2 saturated heterocycles. The molecule has 2 heterocycles. The smallest absolute Gasteiger partial charge is 0.227 e. The molecule has 0 saturated carbocycles. The number of fused-ring (bicyclic) bond motifs is 1. The lowest BCUT2D eigenvalue weighted by Gasteiger charge is -2.46. The van der Waals surface area contributed by atoms with Gasteiger partial charge in [0.15, 0.2) is 0 Å². The minimum atomic E-state index is -0.0310. The van der Waals surface area contributed by atoms with E-state index in [-0.39, 0.29) is 24.0 Å². The van der Waals surface area contributed by atoms with Crippen LogP contribution in [0, 0.1) is 6.92 Å². The zero-order chi connectivity index (χ0) is 18.0. The molecule has 2 fully saturated rings. The van der Waals surface area contributed by atoms with Gasteiger partial charge < -0.3 is 19.3 Å². The third-order valence-electron chi connectivity index (χ3n) is 5.17. The summed E-state index contributed by atoms with van der Waals surface area (Å²) in [6, 6.07) is 5.83. The Hall–Kier alpha value is -2.08. The summed E-state index contributed by atoms with van der Waals surface area (Å²) in [5.74, 6) is 0.932. The van der Waals surface area contributed by atoms with Crippen LogP contribution in [0.1, 0.15) is 24.5 Å². The van der Waals surface area contributed by atoms with Crippen LogP contribution in [0.5, 0.6) is 5.75 Å². The molecule has 6 heteroatoms. The van der Waals surface area contributed by atoms with E-state index in [1.807, 2.05) is 34.9 Å². The van der Waals surface area contributed by atoms with E-state index < -0.39 is 0 Å². The number of aryl methyl sites for hydroxylation is 1. The summed E-state index contributed by atoms with van der Waals surface area (Å²) >= 11 is 0. The molecule has 2 amide bonds. The van der Waals surface area contributed by atoms with Crippen LogP contribution in [0.15, 0.2) is 18.2 Å². The molecule has 1 aromatic rings. The molecule has 2 aliphatic heterocycles. The number of ether oxygens (including phenoxy) is 2. The van der Waals surface area contributed by atoms with Crippen LogP contribution in [0.4, 0.5) is 0 Å². The summed E-state index contributed by atoms with van der Waals surface area (Å²) in [6.07, 6.45) is 1.16. The second kappa shape index (κ2) is 7.44. The van der Waals surface area contributed by atoms with Gasteiger partial charge in [-0.2, -0.15) is 0 Å². The van der Waals surface area contributed by atoms with Crippen molar-refractivity contribution in [3.8, 4) is 5.75 Å². The number of morpholine rings is 1. The summed E-state index contributed by atoms with van der Waals surface area (Å²) in [5, 5.41) is 0. The summed E-state index contributed by atoms with van der Waals surface area (Å²) in [7, 11) is 1.64. The Labute approximate surface area is 148 Å². The number of carbonyl (C=O) groups excluding carboxylic acids is 2. The highest BCUT2D eigenvalue weighted by molar-refractivity contribution is 5.79. The van der Waals surface area contributed by atoms with E-state index in [1.165, 1.54) is 0 Å². The molecule has 2 unspecified atom stereocenters. The molecule has 2 aliphatic rings. The molecule has 0 spiro atoms. The van der Waals surface area contributed by atoms with E-state index in [2.05, 4.69) is 0 Å². The average Bonchev–Trinajstić information content (AvgIpc) is 2.62. The normalized spacial score (nSPS) is 23.2. The van der Waals surface area contributed by atoms with Crippen LogP contribution in [0.2, 0.25) is 0 Å². The fourth-order valence-corrected chi connectivity index (χ4v) is 3.75. The zero-order valence-corrected chi connectivity index (χ0v) is 15.2. The van der Waals surface area contributed by atoms with Crippen molar-refractivity contribution in [1.82, 2.24) is 9.80 Å². The van der Waals surface area contributed by atoms with Gasteiger partial charge >= 0.3 is 0 Å². The van der Waals surface area contributed by atoms with Gasteiger partial charge in [-0.1, -0.05) is 12.1 Å². The van der Waals surface area contributed by atoms with Crippen molar-refractivity contribution in [2.45, 2.75) is 38.8 Å². The number of amides is 2. The largest absolute Gasteiger partial charge is 0.496 e. The van der Waals surface area contributed by atoms with Gasteiger partial charge in [0.1, 0.15) is 5.75 Å². The van der Waals surface area contributed by atoms with E-state index in [1.54, 1.807) is 14.0 Å². The number of likely N-dealkylation sites (tertiary alicyclic amines) is 1. The van der Waals surface area contributed by atoms with Crippen molar-refractivity contribution in [2.24, 2.45) is 0 Å². The molecule has 136 valence electrons. The molecule has 0 aliphatic carbocycles. The number of hydrogen-bond acceptors (Lipinski definition) is 4. The van der Waals surface area contributed by atoms with Gasteiger partial charge in [-0.25, -0.2) is 0 Å². The second-order valence-corrected chi connectivity index (χ2v) is 6.80. The number of nitrogens with zero attached hydrogens (tertiary/aromatic N) is 2. The van der Waals surface area contributed by atoms with Gasteiger partial charge in [0, 0.05) is 26.6 Å². The van der Waals surface area contributed by atoms with Crippen molar-refractivity contribution in [1.29, 1.82) is 0 Å². The SMILES string of the molecule is COc1cc(CC(=O)N2CCC3OCCN(C(C)=O)C3C2)ccc1C. The van der Waals surface area contributed by atoms with Crippen LogP contribution < -0.4 is 4.74 Å². The monoisotopic (exact) mass is 346 g/mol. The Kier molecular flexibility index (Phi) is 5.27. The lowest BCUT2D eigenvalue weighted by atomic mass is 9.97. The number of hydrogen-bond donors (Lipinski definition) is 0. The second-order valence-electron chi connectivity index (χ2n) is 6.80. The molecule has 0 radical (unpaired) electrons. The standard InChI is InChI=1S/C19H26N2O4/c1-13-4-5-15(10-18(13)24-3)11-19(23)20-7-6-17-16(12-20)21(14(2)22)8-9-25-17/h4-5,10,16-17H,6-9,11-12H2,1-3H3. The van der Waals surface area contributed by atoms with Crippen LogP contribution >= 0.6 is 0 Å². The topological polar surface area (TPSA) is 59.1 Å². The third-order valence-corrected chi connectivity index (χ3v) is 5.17. The highest BCUT2D eigenvalue weighted by Gasteiger charge is 2.39. The Morgan fingerprint density at radius 3 is 2.84 bits per heavy atom. The molecular formula is C19H26N2O4. The van der Waals surface area contributed by atoms with Crippen molar-refractivity contribution in [3.05, 3.63) is 29.3 Å². The van der Waals surface area contributed by atoms with Crippen LogP contribution in [0.25, 0.3) is 0 Å². The molecule has 3 rings (SSSR count). The molecule has 1 aromatic carbocycles. The average molecular weight is 346 g/mol. The van der Waals surface area contributed by atoms with E-state index in [0.717, 1.165) is 23.3 Å². The highest BCUT2D eigenvalue weighted by Crippen LogP contribution is 2.24. The molecular weight excluding hydrogens is 320 g/mol. The van der Waals surface area contributed by atoms with Gasteiger partial charge in [0.05, 0.1) is 32.3 Å². The Morgan fingerprint density at radius 2 is 2.12 bits per heavy atom. The van der Waals surface area contributed by atoms with Crippen molar-refractivity contribution < 1.29 is 19.1 Å². The van der Waals surface area contributed by atoms with Crippen molar-refractivity contribution >= 4 is 11.8 Å². The summed E-state index contributed by atoms with van der Waals surface area (Å²) in [4.78, 5) is 28.3. The first-order valence-corrected chi connectivity index (χ1v) is 8.79. The van der Waals surface area contributed by atoms with Gasteiger partial charge in [0.2, 0.25) is 11.8 Å². The number of methoxy groups -OCH3 is 1. The Balaban J connectivity index is 1.67. The highest BCUT2D eigenvalue weighted by atomic mass is 16.5. The summed E-state index contributed by atoms with van der Waals surface area (Å²) < 4.78 is 11.1. The Morgan fingerprint density at radius 1 is 1.32 bits per heavy atom. The van der Waals surface area contributed by atoms with Crippen LogP contribution in [-0.4, -0.2) is 67.1 Å². The van der Waals surface area contributed by atoms with Gasteiger partial charge in [-0.3, -0.25) is 9.59 Å². The first kappa shape index (κ1) is 17.7. The molecule has 0 aromatic heterocycles. The molecule has 2 atom stereocenters. The molecule has 0 N–H and O–H groups in total. The zero-order valence-electron chi connectivity index (χ0n) is 15.2. The minimum absolute atomic E-state index is 0.0310. The number of rotatable bonds is 3. The maximum absolute atomic E-state index is 12.7. The third kappa shape index (κ3) is 3.79. The predicted molar refractivity (Wildman–Crippen MR) is 93.5 cm³/mol. The lowest BCUT2D eigenvalue weighted by Crippen LogP contribution is -2.61. The number of piperidine rings is 1. The van der Waals surface area contributed by atoms with E-state index >= 15 is 0 Å². The number of carbonyl (C=O) groups is 2. The maximum Gasteiger partial charge on any atom is 0.227 e. The summed E-state index contributed by atoms with van der Waals surface area (Å²) in [6.45, 7) is 5.97. The maximum atomic E-state index is 12.7. The fraction of sp³-hybridized carbons (Fsp3) is 0.579. The van der Waals surface area contributed by atoms with Gasteiger partial charge in [-0.15, -0.1) is 0 Å². The van der Waals surface area contributed by atoms with E-state index in [9.17, 15) is 9.59 Å². The Bertz CT molecular complexity index is 661. The minimum Gasteiger partial charge on any atom is -0.496 e. The summed E-state index contributed by atoms with van der Waals surface area (Å²) in [5.41, 5.74) is 1.99. The quantitative estimate of drug-likeness (QED) is 0.830.